The lowest BCUT2D eigenvalue weighted by molar-refractivity contribution is 0.0964. The van der Waals surface area contributed by atoms with Crippen LogP contribution >= 0.6 is 0 Å². The van der Waals surface area contributed by atoms with Crippen molar-refractivity contribution >= 4 is 5.78 Å². The molecule has 1 unspecified atom stereocenters. The van der Waals surface area contributed by atoms with Gasteiger partial charge in [0, 0.05) is 0 Å². The molecule has 0 aliphatic heterocycles. The van der Waals surface area contributed by atoms with Crippen LogP contribution in [0.15, 0.2) is 12.1 Å². The molecule has 0 fully saturated rings. The third-order valence-electron chi connectivity index (χ3n) is 2.26. The van der Waals surface area contributed by atoms with Crippen LogP contribution in [0.5, 0.6) is 0 Å². The lowest BCUT2D eigenvalue weighted by Gasteiger charge is -2.08. The molecule has 1 aromatic carbocycles. The van der Waals surface area contributed by atoms with Gasteiger partial charge in [0.05, 0.1) is 11.6 Å². The molecule has 0 heterocycles. The van der Waals surface area contributed by atoms with E-state index in [0.717, 1.165) is 11.1 Å². The van der Waals surface area contributed by atoms with E-state index in [1.165, 1.54) is 6.07 Å². The fourth-order valence-corrected chi connectivity index (χ4v) is 1.22. The molecule has 2 nitrogen and oxygen atoms in total. The number of Topliss-reactive ketones (excluding diaryl/α,β-unsaturated/α-hetero) is 1. The molecular formula is C11H14FNO. The summed E-state index contributed by atoms with van der Waals surface area (Å²) in [7, 11) is 0. The minimum absolute atomic E-state index is 0.0862. The molecule has 0 amide bonds. The number of hydrogen-bond donors (Lipinski definition) is 1. The standard InChI is InChI=1S/C11H14FNO/c1-6-4-9(11(14)8(3)13)10(12)5-7(6)2/h4-5,8H,13H2,1-3H3. The Morgan fingerprint density at radius 3 is 2.36 bits per heavy atom. The highest BCUT2D eigenvalue weighted by Crippen LogP contribution is 2.15. The Balaban J connectivity index is 3.22. The maximum absolute atomic E-state index is 13.4. The van der Waals surface area contributed by atoms with Gasteiger partial charge in [0.15, 0.2) is 5.78 Å². The van der Waals surface area contributed by atoms with Crippen molar-refractivity contribution in [3.05, 3.63) is 34.6 Å². The van der Waals surface area contributed by atoms with Crippen LogP contribution < -0.4 is 5.73 Å². The van der Waals surface area contributed by atoms with Gasteiger partial charge in [-0.3, -0.25) is 4.79 Å². The SMILES string of the molecule is Cc1cc(F)c(C(=O)C(C)N)cc1C. The summed E-state index contributed by atoms with van der Waals surface area (Å²) in [6.07, 6.45) is 0. The summed E-state index contributed by atoms with van der Waals surface area (Å²) in [6, 6.07) is 2.26. The Kier molecular flexibility index (Phi) is 3.01. The number of aryl methyl sites for hydroxylation is 2. The van der Waals surface area contributed by atoms with E-state index in [1.54, 1.807) is 19.9 Å². The molecule has 76 valence electrons. The van der Waals surface area contributed by atoms with Gasteiger partial charge < -0.3 is 5.73 Å². The molecule has 0 saturated heterocycles. The first kappa shape index (κ1) is 10.9. The van der Waals surface area contributed by atoms with Crippen LogP contribution in [-0.2, 0) is 0 Å². The number of carbonyl (C=O) groups excluding carboxylic acids is 1. The van der Waals surface area contributed by atoms with E-state index >= 15 is 0 Å². The van der Waals surface area contributed by atoms with E-state index in [2.05, 4.69) is 0 Å². The molecule has 0 bridgehead atoms. The Labute approximate surface area is 82.9 Å². The first-order valence-electron chi connectivity index (χ1n) is 4.50. The zero-order valence-corrected chi connectivity index (χ0v) is 8.60. The zero-order chi connectivity index (χ0) is 10.9. The summed E-state index contributed by atoms with van der Waals surface area (Å²) < 4.78 is 13.4. The summed E-state index contributed by atoms with van der Waals surface area (Å²) in [5.74, 6) is -0.846. The second-order valence-electron chi connectivity index (χ2n) is 3.57. The molecule has 0 aromatic heterocycles. The minimum atomic E-state index is -0.661. The number of ketones is 1. The Bertz CT molecular complexity index is 372. The highest BCUT2D eigenvalue weighted by Gasteiger charge is 2.16. The number of carbonyl (C=O) groups is 1. The predicted molar refractivity (Wildman–Crippen MR) is 53.9 cm³/mol. The van der Waals surface area contributed by atoms with Crippen molar-refractivity contribution in [2.24, 2.45) is 5.73 Å². The molecule has 3 heteroatoms. The third-order valence-corrected chi connectivity index (χ3v) is 2.26. The van der Waals surface area contributed by atoms with Gasteiger partial charge in [0.2, 0.25) is 0 Å². The fourth-order valence-electron chi connectivity index (χ4n) is 1.22. The molecule has 1 rings (SSSR count). The van der Waals surface area contributed by atoms with Gasteiger partial charge in [-0.05, 0) is 44.0 Å². The van der Waals surface area contributed by atoms with Crippen LogP contribution in [0.2, 0.25) is 0 Å². The average molecular weight is 195 g/mol. The maximum Gasteiger partial charge on any atom is 0.182 e. The summed E-state index contributed by atoms with van der Waals surface area (Å²) in [5, 5.41) is 0. The van der Waals surface area contributed by atoms with Crippen LogP contribution in [0.25, 0.3) is 0 Å². The summed E-state index contributed by atoms with van der Waals surface area (Å²) in [5.41, 5.74) is 7.23. The average Bonchev–Trinajstić information content (AvgIpc) is 2.10. The number of rotatable bonds is 2. The molecule has 0 radical (unpaired) electrons. The molecule has 0 saturated carbocycles. The molecule has 14 heavy (non-hydrogen) atoms. The fraction of sp³-hybridized carbons (Fsp3) is 0.364. The second-order valence-corrected chi connectivity index (χ2v) is 3.57. The number of halogens is 1. The van der Waals surface area contributed by atoms with Crippen molar-refractivity contribution in [2.75, 3.05) is 0 Å². The largest absolute Gasteiger partial charge is 0.321 e. The normalized spacial score (nSPS) is 12.6. The van der Waals surface area contributed by atoms with Crippen molar-refractivity contribution < 1.29 is 9.18 Å². The van der Waals surface area contributed by atoms with Gasteiger partial charge in [-0.15, -0.1) is 0 Å². The van der Waals surface area contributed by atoms with E-state index in [9.17, 15) is 9.18 Å². The van der Waals surface area contributed by atoms with Gasteiger partial charge in [-0.2, -0.15) is 0 Å². The van der Waals surface area contributed by atoms with Gasteiger partial charge in [0.1, 0.15) is 5.82 Å². The topological polar surface area (TPSA) is 43.1 Å². The van der Waals surface area contributed by atoms with E-state index in [-0.39, 0.29) is 11.3 Å². The van der Waals surface area contributed by atoms with Gasteiger partial charge in [0.25, 0.3) is 0 Å². The third kappa shape index (κ3) is 1.99. The lowest BCUT2D eigenvalue weighted by atomic mass is 10.00. The van der Waals surface area contributed by atoms with E-state index in [1.807, 2.05) is 6.92 Å². The Morgan fingerprint density at radius 1 is 1.36 bits per heavy atom. The first-order valence-corrected chi connectivity index (χ1v) is 4.50. The van der Waals surface area contributed by atoms with Crippen LogP contribution in [0.3, 0.4) is 0 Å². The van der Waals surface area contributed by atoms with Crippen LogP contribution in [0.4, 0.5) is 4.39 Å². The van der Waals surface area contributed by atoms with Crippen LogP contribution in [0.1, 0.15) is 28.4 Å². The maximum atomic E-state index is 13.4. The number of nitrogens with two attached hydrogens (primary N) is 1. The predicted octanol–water partition coefficient (Wildman–Crippen LogP) is 1.97. The van der Waals surface area contributed by atoms with Gasteiger partial charge in [-0.25, -0.2) is 4.39 Å². The molecular weight excluding hydrogens is 181 g/mol. The molecule has 2 N–H and O–H groups in total. The molecule has 1 atom stereocenters. The van der Waals surface area contributed by atoms with Gasteiger partial charge in [-0.1, -0.05) is 0 Å². The Morgan fingerprint density at radius 2 is 1.86 bits per heavy atom. The van der Waals surface area contributed by atoms with Crippen molar-refractivity contribution in [3.8, 4) is 0 Å². The molecule has 0 spiro atoms. The molecule has 1 aromatic rings. The van der Waals surface area contributed by atoms with E-state index in [0.29, 0.717) is 0 Å². The zero-order valence-electron chi connectivity index (χ0n) is 8.60. The van der Waals surface area contributed by atoms with E-state index in [4.69, 9.17) is 5.73 Å². The quantitative estimate of drug-likeness (QED) is 0.733. The van der Waals surface area contributed by atoms with Crippen LogP contribution in [0, 0.1) is 19.7 Å². The van der Waals surface area contributed by atoms with Crippen LogP contribution in [-0.4, -0.2) is 11.8 Å². The summed E-state index contributed by atoms with van der Waals surface area (Å²) in [4.78, 5) is 11.5. The summed E-state index contributed by atoms with van der Waals surface area (Å²) >= 11 is 0. The first-order chi connectivity index (χ1) is 6.43. The smallest absolute Gasteiger partial charge is 0.182 e. The van der Waals surface area contributed by atoms with Crippen molar-refractivity contribution in [1.29, 1.82) is 0 Å². The van der Waals surface area contributed by atoms with Crippen molar-refractivity contribution in [1.82, 2.24) is 0 Å². The highest BCUT2D eigenvalue weighted by atomic mass is 19.1. The Hall–Kier alpha value is -1.22. The number of benzene rings is 1. The summed E-state index contributed by atoms with van der Waals surface area (Å²) in [6.45, 7) is 5.20. The second kappa shape index (κ2) is 3.88. The number of hydrogen-bond acceptors (Lipinski definition) is 2. The van der Waals surface area contributed by atoms with Gasteiger partial charge >= 0.3 is 0 Å². The minimum Gasteiger partial charge on any atom is -0.321 e. The molecule has 0 aliphatic carbocycles. The van der Waals surface area contributed by atoms with E-state index < -0.39 is 11.9 Å². The highest BCUT2D eigenvalue weighted by molar-refractivity contribution is 6.00. The van der Waals surface area contributed by atoms with Crippen molar-refractivity contribution in [2.45, 2.75) is 26.8 Å². The molecule has 0 aliphatic rings. The monoisotopic (exact) mass is 195 g/mol. The lowest BCUT2D eigenvalue weighted by Crippen LogP contribution is -2.27. The van der Waals surface area contributed by atoms with Crippen molar-refractivity contribution in [3.63, 3.8) is 0 Å².